The van der Waals surface area contributed by atoms with Crippen LogP contribution in [0.15, 0.2) is 0 Å². The Bertz CT molecular complexity index is 182. The molecular weight excluding hydrogens is 215 g/mol. The van der Waals surface area contributed by atoms with Crippen LogP contribution in [0.3, 0.4) is 0 Å². The first-order chi connectivity index (χ1) is 7.14. The van der Waals surface area contributed by atoms with Gasteiger partial charge in [0.05, 0.1) is 6.42 Å². The summed E-state index contributed by atoms with van der Waals surface area (Å²) >= 11 is 0. The van der Waals surface area contributed by atoms with E-state index < -0.39 is 18.6 Å². The van der Waals surface area contributed by atoms with E-state index in [1.165, 1.54) is 0 Å². The molecule has 0 aromatic rings. The number of hydrogen-bond acceptors (Lipinski definition) is 1. The van der Waals surface area contributed by atoms with E-state index in [4.69, 9.17) is 0 Å². The van der Waals surface area contributed by atoms with Gasteiger partial charge in [-0.3, -0.25) is 0 Å². The SMILES string of the molecule is CCCNC(CCC(C)(C)C)CC(F)(F)F. The van der Waals surface area contributed by atoms with Crippen LogP contribution in [0.2, 0.25) is 0 Å². The smallest absolute Gasteiger partial charge is 0.314 e. The molecule has 0 radical (unpaired) electrons. The zero-order chi connectivity index (χ0) is 12.8. The predicted molar refractivity (Wildman–Crippen MR) is 61.4 cm³/mol. The van der Waals surface area contributed by atoms with Crippen LogP contribution >= 0.6 is 0 Å². The molecule has 0 aliphatic carbocycles. The molecule has 1 atom stereocenters. The van der Waals surface area contributed by atoms with E-state index in [0.717, 1.165) is 12.8 Å². The zero-order valence-electron chi connectivity index (χ0n) is 10.7. The van der Waals surface area contributed by atoms with E-state index in [0.29, 0.717) is 13.0 Å². The van der Waals surface area contributed by atoms with Crippen molar-refractivity contribution in [2.24, 2.45) is 5.41 Å². The third-order valence-electron chi connectivity index (χ3n) is 2.40. The van der Waals surface area contributed by atoms with Crippen LogP contribution in [0, 0.1) is 5.41 Å². The summed E-state index contributed by atoms with van der Waals surface area (Å²) in [5.41, 5.74) is 0.0950. The molecule has 0 amide bonds. The lowest BCUT2D eigenvalue weighted by Gasteiger charge is -2.24. The summed E-state index contributed by atoms with van der Waals surface area (Å²) in [4.78, 5) is 0. The third kappa shape index (κ3) is 10.3. The Morgan fingerprint density at radius 2 is 1.69 bits per heavy atom. The summed E-state index contributed by atoms with van der Waals surface area (Å²) in [7, 11) is 0. The van der Waals surface area contributed by atoms with Crippen molar-refractivity contribution in [3.05, 3.63) is 0 Å². The minimum absolute atomic E-state index is 0.0950. The maximum atomic E-state index is 12.3. The topological polar surface area (TPSA) is 12.0 Å². The second-order valence-corrected chi connectivity index (χ2v) is 5.57. The molecule has 4 heteroatoms. The molecule has 0 aromatic heterocycles. The lowest BCUT2D eigenvalue weighted by Crippen LogP contribution is -2.35. The summed E-state index contributed by atoms with van der Waals surface area (Å²) < 4.78 is 36.9. The fourth-order valence-electron chi connectivity index (χ4n) is 1.51. The third-order valence-corrected chi connectivity index (χ3v) is 2.40. The highest BCUT2D eigenvalue weighted by Gasteiger charge is 2.31. The predicted octanol–water partition coefficient (Wildman–Crippen LogP) is 4.13. The van der Waals surface area contributed by atoms with Crippen molar-refractivity contribution in [2.45, 2.75) is 65.6 Å². The van der Waals surface area contributed by atoms with Gasteiger partial charge in [-0.05, 0) is 31.2 Å². The zero-order valence-corrected chi connectivity index (χ0v) is 10.7. The first-order valence-electron chi connectivity index (χ1n) is 5.94. The van der Waals surface area contributed by atoms with Gasteiger partial charge in [-0.25, -0.2) is 0 Å². The largest absolute Gasteiger partial charge is 0.390 e. The monoisotopic (exact) mass is 239 g/mol. The van der Waals surface area contributed by atoms with Crippen LogP contribution in [-0.2, 0) is 0 Å². The van der Waals surface area contributed by atoms with Crippen LogP contribution in [-0.4, -0.2) is 18.8 Å². The highest BCUT2D eigenvalue weighted by atomic mass is 19.4. The second-order valence-electron chi connectivity index (χ2n) is 5.57. The maximum absolute atomic E-state index is 12.3. The molecule has 0 rings (SSSR count). The fraction of sp³-hybridized carbons (Fsp3) is 1.00. The van der Waals surface area contributed by atoms with Crippen molar-refractivity contribution >= 4 is 0 Å². The number of hydrogen-bond donors (Lipinski definition) is 1. The Balaban J connectivity index is 4.10. The van der Waals surface area contributed by atoms with Gasteiger partial charge in [-0.15, -0.1) is 0 Å². The van der Waals surface area contributed by atoms with Gasteiger partial charge in [0.15, 0.2) is 0 Å². The van der Waals surface area contributed by atoms with Gasteiger partial charge in [0.1, 0.15) is 0 Å². The van der Waals surface area contributed by atoms with Crippen LogP contribution < -0.4 is 5.32 Å². The summed E-state index contributed by atoms with van der Waals surface area (Å²) in [5.74, 6) is 0. The minimum Gasteiger partial charge on any atom is -0.314 e. The number of halogens is 3. The molecule has 0 heterocycles. The second kappa shape index (κ2) is 6.48. The number of alkyl halides is 3. The molecule has 0 saturated heterocycles. The molecule has 1 N–H and O–H groups in total. The highest BCUT2D eigenvalue weighted by molar-refractivity contribution is 4.74. The quantitative estimate of drug-likeness (QED) is 0.734. The normalized spacial score (nSPS) is 15.2. The summed E-state index contributed by atoms with van der Waals surface area (Å²) in [6.07, 6.45) is -2.52. The Kier molecular flexibility index (Phi) is 6.38. The van der Waals surface area contributed by atoms with Crippen molar-refractivity contribution in [1.82, 2.24) is 5.32 Å². The first-order valence-corrected chi connectivity index (χ1v) is 5.94. The molecule has 0 spiro atoms. The van der Waals surface area contributed by atoms with E-state index in [-0.39, 0.29) is 5.41 Å². The van der Waals surface area contributed by atoms with Gasteiger partial charge in [0.25, 0.3) is 0 Å². The summed E-state index contributed by atoms with van der Waals surface area (Å²) in [6.45, 7) is 8.78. The van der Waals surface area contributed by atoms with Gasteiger partial charge in [-0.1, -0.05) is 27.7 Å². The minimum atomic E-state index is -4.07. The molecule has 0 saturated carbocycles. The van der Waals surface area contributed by atoms with E-state index >= 15 is 0 Å². The van der Waals surface area contributed by atoms with Crippen molar-refractivity contribution in [3.8, 4) is 0 Å². The Labute approximate surface area is 96.8 Å². The molecule has 16 heavy (non-hydrogen) atoms. The van der Waals surface area contributed by atoms with Gasteiger partial charge < -0.3 is 5.32 Å². The summed E-state index contributed by atoms with van der Waals surface area (Å²) in [5, 5.41) is 2.98. The average Bonchev–Trinajstić information content (AvgIpc) is 2.06. The van der Waals surface area contributed by atoms with E-state index in [1.54, 1.807) is 0 Å². The molecule has 0 bridgehead atoms. The number of rotatable bonds is 6. The van der Waals surface area contributed by atoms with Gasteiger partial charge >= 0.3 is 6.18 Å². The lowest BCUT2D eigenvalue weighted by molar-refractivity contribution is -0.140. The number of nitrogens with one attached hydrogen (secondary N) is 1. The van der Waals surface area contributed by atoms with Crippen LogP contribution in [0.1, 0.15) is 53.4 Å². The van der Waals surface area contributed by atoms with Gasteiger partial charge in [0, 0.05) is 6.04 Å². The van der Waals surface area contributed by atoms with Crippen LogP contribution in [0.4, 0.5) is 13.2 Å². The maximum Gasteiger partial charge on any atom is 0.390 e. The molecule has 98 valence electrons. The molecule has 1 nitrogen and oxygen atoms in total. The van der Waals surface area contributed by atoms with Crippen molar-refractivity contribution in [2.75, 3.05) is 6.54 Å². The van der Waals surface area contributed by atoms with E-state index in [9.17, 15) is 13.2 Å². The van der Waals surface area contributed by atoms with Gasteiger partial charge in [0.2, 0.25) is 0 Å². The average molecular weight is 239 g/mol. The summed E-state index contributed by atoms with van der Waals surface area (Å²) in [6, 6.07) is -0.431. The Morgan fingerprint density at radius 3 is 2.06 bits per heavy atom. The van der Waals surface area contributed by atoms with Crippen molar-refractivity contribution in [3.63, 3.8) is 0 Å². The molecule has 0 aliphatic heterocycles. The molecule has 0 fully saturated rings. The van der Waals surface area contributed by atoms with Crippen molar-refractivity contribution in [1.29, 1.82) is 0 Å². The molecular formula is C12H24F3N. The van der Waals surface area contributed by atoms with Crippen LogP contribution in [0.25, 0.3) is 0 Å². The van der Waals surface area contributed by atoms with Crippen LogP contribution in [0.5, 0.6) is 0 Å². The first kappa shape index (κ1) is 15.8. The van der Waals surface area contributed by atoms with E-state index in [2.05, 4.69) is 26.1 Å². The van der Waals surface area contributed by atoms with Crippen molar-refractivity contribution < 1.29 is 13.2 Å². The molecule has 1 unspecified atom stereocenters. The Morgan fingerprint density at radius 1 is 1.12 bits per heavy atom. The Hall–Kier alpha value is -0.250. The lowest BCUT2D eigenvalue weighted by atomic mass is 9.88. The van der Waals surface area contributed by atoms with Gasteiger partial charge in [-0.2, -0.15) is 13.2 Å². The molecule has 0 aliphatic rings. The van der Waals surface area contributed by atoms with E-state index in [1.807, 2.05) is 6.92 Å². The standard InChI is InChI=1S/C12H24F3N/c1-5-8-16-10(9-12(13,14)15)6-7-11(2,3)4/h10,16H,5-9H2,1-4H3. The molecule has 0 aromatic carbocycles. The fourth-order valence-corrected chi connectivity index (χ4v) is 1.51. The highest BCUT2D eigenvalue weighted by Crippen LogP contribution is 2.27.